The zero-order chi connectivity index (χ0) is 33.8. The number of hydrogen-bond acceptors (Lipinski definition) is 4. The monoisotopic (exact) mass is 658 g/mol. The summed E-state index contributed by atoms with van der Waals surface area (Å²) in [6.45, 7) is 37.5. The van der Waals surface area contributed by atoms with Crippen molar-refractivity contribution in [1.29, 1.82) is 0 Å². The van der Waals surface area contributed by atoms with Crippen LogP contribution in [0.25, 0.3) is 0 Å². The molecule has 0 unspecified atom stereocenters. The van der Waals surface area contributed by atoms with E-state index >= 15 is 0 Å². The maximum absolute atomic E-state index is 7.01. The van der Waals surface area contributed by atoms with Crippen LogP contribution in [-0.2, 0) is 13.3 Å². The van der Waals surface area contributed by atoms with E-state index in [1.165, 1.54) is 64.2 Å². The fourth-order valence-corrected chi connectivity index (χ4v) is 7.85. The van der Waals surface area contributed by atoms with Crippen molar-refractivity contribution in [3.8, 4) is 0 Å². The molecule has 0 aliphatic carbocycles. The fraction of sp³-hybridized carbons (Fsp3) is 0.944. The third-order valence-electron chi connectivity index (χ3n) is 10.7. The molecule has 0 aromatic carbocycles. The maximum Gasteiger partial charge on any atom is 0.192 e. The van der Waals surface area contributed by atoms with Gasteiger partial charge in [-0.3, -0.25) is 0 Å². The van der Waals surface area contributed by atoms with Crippen LogP contribution in [0.2, 0.25) is 54.4 Å². The van der Waals surface area contributed by atoms with E-state index in [-0.39, 0.29) is 33.4 Å². The molecule has 0 saturated heterocycles. The lowest BCUT2D eigenvalue weighted by Crippen LogP contribution is -2.52. The van der Waals surface area contributed by atoms with Crippen molar-refractivity contribution in [2.24, 2.45) is 5.73 Å². The molecule has 0 saturated carbocycles. The Kier molecular flexibility index (Phi) is 18.6. The topological polar surface area (TPSA) is 53.7 Å². The number of hydrogen-bond donors (Lipinski definition) is 1. The van der Waals surface area contributed by atoms with Crippen molar-refractivity contribution < 1.29 is 13.3 Å². The summed E-state index contributed by atoms with van der Waals surface area (Å²) < 4.78 is 20.6. The van der Waals surface area contributed by atoms with Crippen molar-refractivity contribution in [3.05, 3.63) is 12.2 Å². The quantitative estimate of drug-likeness (QED) is 0.0758. The molecule has 3 atom stereocenters. The molecule has 43 heavy (non-hydrogen) atoms. The third kappa shape index (κ3) is 16.6. The van der Waals surface area contributed by atoms with E-state index in [0.717, 1.165) is 6.42 Å². The molecule has 0 aliphatic heterocycles. The summed E-state index contributed by atoms with van der Waals surface area (Å²) in [4.78, 5) is 0. The van der Waals surface area contributed by atoms with Gasteiger partial charge in [0.1, 0.15) is 0 Å². The third-order valence-corrected chi connectivity index (χ3v) is 24.2. The molecule has 4 nitrogen and oxygen atoms in total. The second-order valence-electron chi connectivity index (χ2n) is 17.9. The summed E-state index contributed by atoms with van der Waals surface area (Å²) in [7, 11) is -5.90. The van der Waals surface area contributed by atoms with Gasteiger partial charge in [0.25, 0.3) is 0 Å². The van der Waals surface area contributed by atoms with Crippen LogP contribution in [0, 0.1) is 0 Å². The van der Waals surface area contributed by atoms with Crippen LogP contribution in [-0.4, -0.2) is 49.8 Å². The Morgan fingerprint density at radius 2 is 0.953 bits per heavy atom. The molecular formula is C36H79NO3Si3. The molecule has 0 bridgehead atoms. The van der Waals surface area contributed by atoms with Gasteiger partial charge in [-0.05, 0) is 60.8 Å². The summed E-state index contributed by atoms with van der Waals surface area (Å²) in [6.07, 6.45) is 19.0. The Morgan fingerprint density at radius 1 is 0.558 bits per heavy atom. The zero-order valence-corrected chi connectivity index (χ0v) is 35.2. The van der Waals surface area contributed by atoms with Gasteiger partial charge in [0.15, 0.2) is 25.0 Å². The van der Waals surface area contributed by atoms with Crippen molar-refractivity contribution in [1.82, 2.24) is 0 Å². The summed E-state index contributed by atoms with van der Waals surface area (Å²) in [5.74, 6) is 0. The Balaban J connectivity index is 5.73. The van der Waals surface area contributed by atoms with Gasteiger partial charge >= 0.3 is 0 Å². The van der Waals surface area contributed by atoms with Crippen molar-refractivity contribution in [2.75, 3.05) is 6.61 Å². The first kappa shape index (κ1) is 43.2. The first-order chi connectivity index (χ1) is 19.4. The molecule has 0 heterocycles. The smallest absolute Gasteiger partial charge is 0.192 e. The highest BCUT2D eigenvalue weighted by molar-refractivity contribution is 6.75. The lowest BCUT2D eigenvalue weighted by molar-refractivity contribution is 0.149. The molecule has 0 radical (unpaired) electrons. The predicted molar refractivity (Wildman–Crippen MR) is 201 cm³/mol. The van der Waals surface area contributed by atoms with Crippen LogP contribution in [0.1, 0.15) is 140 Å². The normalized spacial score (nSPS) is 16.6. The number of unbranched alkanes of at least 4 members (excludes halogenated alkanes) is 9. The van der Waals surface area contributed by atoms with Gasteiger partial charge in [-0.2, -0.15) is 0 Å². The van der Waals surface area contributed by atoms with Crippen LogP contribution >= 0.6 is 0 Å². The Labute approximate surface area is 274 Å². The lowest BCUT2D eigenvalue weighted by atomic mass is 10.0. The van der Waals surface area contributed by atoms with E-state index in [2.05, 4.69) is 121 Å². The van der Waals surface area contributed by atoms with E-state index in [0.29, 0.717) is 6.61 Å². The molecule has 258 valence electrons. The van der Waals surface area contributed by atoms with Crippen LogP contribution in [0.4, 0.5) is 0 Å². The zero-order valence-electron chi connectivity index (χ0n) is 32.2. The molecule has 0 aliphatic rings. The molecule has 0 aromatic heterocycles. The molecule has 0 amide bonds. The average Bonchev–Trinajstić information content (AvgIpc) is 2.83. The molecule has 0 fully saturated rings. The average molecular weight is 658 g/mol. The van der Waals surface area contributed by atoms with E-state index in [1.54, 1.807) is 0 Å². The Bertz CT molecular complexity index is 776. The summed E-state index contributed by atoms with van der Waals surface area (Å²) in [5.41, 5.74) is 6.92. The van der Waals surface area contributed by atoms with Gasteiger partial charge < -0.3 is 19.0 Å². The first-order valence-electron chi connectivity index (χ1n) is 17.8. The van der Waals surface area contributed by atoms with Gasteiger partial charge in [-0.25, -0.2) is 0 Å². The second kappa shape index (κ2) is 18.5. The number of rotatable bonds is 21. The van der Waals surface area contributed by atoms with Crippen molar-refractivity contribution in [2.45, 2.75) is 213 Å². The van der Waals surface area contributed by atoms with Gasteiger partial charge in [0.2, 0.25) is 0 Å². The van der Waals surface area contributed by atoms with E-state index in [1.807, 2.05) is 0 Å². The van der Waals surface area contributed by atoms with Crippen LogP contribution in [0.15, 0.2) is 12.2 Å². The van der Waals surface area contributed by atoms with E-state index in [4.69, 9.17) is 19.0 Å². The predicted octanol–water partition coefficient (Wildman–Crippen LogP) is 12.0. The highest BCUT2D eigenvalue weighted by Crippen LogP contribution is 2.40. The Morgan fingerprint density at radius 3 is 1.37 bits per heavy atom. The van der Waals surface area contributed by atoms with Crippen LogP contribution in [0.3, 0.4) is 0 Å². The minimum absolute atomic E-state index is 0.0916. The maximum atomic E-state index is 7.01. The van der Waals surface area contributed by atoms with E-state index in [9.17, 15) is 0 Å². The van der Waals surface area contributed by atoms with Gasteiger partial charge in [-0.15, -0.1) is 0 Å². The van der Waals surface area contributed by atoms with Gasteiger partial charge in [-0.1, -0.05) is 146 Å². The summed E-state index contributed by atoms with van der Waals surface area (Å²) in [6, 6.07) is -0.217. The minimum atomic E-state index is -2.05. The molecule has 0 rings (SSSR count). The lowest BCUT2D eigenvalue weighted by Gasteiger charge is -2.42. The Hall–Kier alpha value is 0.231. The fourth-order valence-electron chi connectivity index (χ4n) is 4.22. The molecule has 2 N–H and O–H groups in total. The van der Waals surface area contributed by atoms with Crippen LogP contribution < -0.4 is 5.73 Å². The highest BCUT2D eigenvalue weighted by atomic mass is 28.4. The molecule has 0 spiro atoms. The molecule has 0 aromatic rings. The molecular weight excluding hydrogens is 579 g/mol. The highest BCUT2D eigenvalue weighted by Gasteiger charge is 2.42. The van der Waals surface area contributed by atoms with Crippen molar-refractivity contribution in [3.63, 3.8) is 0 Å². The standard InChI is InChI=1S/C36H79NO3Si3/c1-17-18-19-20-21-22-23-24-25-26-27-31(39-42(13,14)35(5,6)7)28-29-33(40-43(15,16)36(8,9)10)32(37)30-38-41(11,12)34(2,3)4/h28-29,31-33H,17-27,30,37H2,1-16H3/b29-28+/t31-,32+,33-/m1/s1. The van der Waals surface area contributed by atoms with E-state index < -0.39 is 25.0 Å². The summed E-state index contributed by atoms with van der Waals surface area (Å²) >= 11 is 0. The second-order valence-corrected chi connectivity index (χ2v) is 32.2. The van der Waals surface area contributed by atoms with Crippen molar-refractivity contribution >= 4 is 25.0 Å². The SMILES string of the molecule is CCCCCCCCCCCC[C@H](/C=C/[C@@H](O[Si](C)(C)C(C)(C)C)[C@@H](N)CO[Si](C)(C)C(C)(C)C)O[Si](C)(C)C(C)(C)C. The number of nitrogens with two attached hydrogens (primary N) is 1. The minimum Gasteiger partial charge on any atom is -0.415 e. The van der Waals surface area contributed by atoms with Crippen LogP contribution in [0.5, 0.6) is 0 Å². The first-order valence-corrected chi connectivity index (χ1v) is 26.5. The largest absolute Gasteiger partial charge is 0.415 e. The van der Waals surface area contributed by atoms with Gasteiger partial charge in [0.05, 0.1) is 24.9 Å². The summed E-state index contributed by atoms with van der Waals surface area (Å²) in [5, 5.41) is 0.420. The molecule has 7 heteroatoms. The van der Waals surface area contributed by atoms with Gasteiger partial charge in [0, 0.05) is 0 Å².